The average molecular weight is 291 g/mol. The van der Waals surface area contributed by atoms with Crippen molar-refractivity contribution in [2.45, 2.75) is 84.7 Å². The van der Waals surface area contributed by atoms with Crippen LogP contribution >= 0.6 is 0 Å². The summed E-state index contributed by atoms with van der Waals surface area (Å²) in [5.41, 5.74) is 1.71. The molecule has 1 aliphatic carbocycles. The zero-order chi connectivity index (χ0) is 15.5. The lowest BCUT2D eigenvalue weighted by Crippen LogP contribution is -2.43. The number of nitrogens with zero attached hydrogens (tertiary/aromatic N) is 2. The van der Waals surface area contributed by atoms with E-state index in [1.807, 2.05) is 0 Å². The van der Waals surface area contributed by atoms with E-state index >= 15 is 0 Å². The Hall–Kier alpha value is -0.830. The molecule has 0 aliphatic heterocycles. The molecule has 0 aromatic carbocycles. The zero-order valence-corrected chi connectivity index (χ0v) is 14.6. The van der Waals surface area contributed by atoms with Gasteiger partial charge in [-0.15, -0.1) is 0 Å². The molecular weight excluding hydrogens is 258 g/mol. The van der Waals surface area contributed by atoms with Gasteiger partial charge in [0.25, 0.3) is 0 Å². The Morgan fingerprint density at radius 3 is 2.48 bits per heavy atom. The van der Waals surface area contributed by atoms with Gasteiger partial charge in [0.05, 0.1) is 11.7 Å². The van der Waals surface area contributed by atoms with E-state index < -0.39 is 0 Å². The number of aromatic nitrogens is 2. The summed E-state index contributed by atoms with van der Waals surface area (Å²) >= 11 is 0. The summed E-state index contributed by atoms with van der Waals surface area (Å²) in [6, 6.07) is 2.88. The van der Waals surface area contributed by atoms with E-state index in [0.717, 1.165) is 13.0 Å². The van der Waals surface area contributed by atoms with Crippen LogP contribution in [0.2, 0.25) is 0 Å². The Kier molecular flexibility index (Phi) is 5.13. The lowest BCUT2D eigenvalue weighted by Gasteiger charge is -2.32. The minimum absolute atomic E-state index is 0.180. The molecule has 0 saturated heterocycles. The molecule has 21 heavy (non-hydrogen) atoms. The van der Waals surface area contributed by atoms with E-state index in [9.17, 15) is 0 Å². The van der Waals surface area contributed by atoms with Gasteiger partial charge in [-0.25, -0.2) is 0 Å². The van der Waals surface area contributed by atoms with Crippen molar-refractivity contribution in [2.75, 3.05) is 6.54 Å². The van der Waals surface area contributed by atoms with E-state index in [1.165, 1.54) is 37.8 Å². The van der Waals surface area contributed by atoms with Gasteiger partial charge in [-0.2, -0.15) is 5.10 Å². The molecule has 1 heterocycles. The van der Waals surface area contributed by atoms with Gasteiger partial charge < -0.3 is 5.32 Å². The highest BCUT2D eigenvalue weighted by Gasteiger charge is 2.26. The maximum atomic E-state index is 4.86. The predicted molar refractivity (Wildman–Crippen MR) is 89.6 cm³/mol. The normalized spacial score (nSPS) is 19.9. The Labute approximate surface area is 130 Å². The lowest BCUT2D eigenvalue weighted by molar-refractivity contribution is 0.252. The van der Waals surface area contributed by atoms with E-state index in [1.54, 1.807) is 0 Å². The van der Waals surface area contributed by atoms with Crippen LogP contribution < -0.4 is 5.32 Å². The lowest BCUT2D eigenvalue weighted by atomic mass is 9.82. The monoisotopic (exact) mass is 291 g/mol. The third-order valence-electron chi connectivity index (χ3n) is 4.87. The molecule has 120 valence electrons. The quantitative estimate of drug-likeness (QED) is 0.844. The third kappa shape index (κ3) is 4.84. The zero-order valence-electron chi connectivity index (χ0n) is 14.6. The molecule has 0 radical (unpaired) electrons. The smallest absolute Gasteiger partial charge is 0.0630 e. The fourth-order valence-electron chi connectivity index (χ4n) is 3.07. The van der Waals surface area contributed by atoms with E-state index in [-0.39, 0.29) is 11.0 Å². The Morgan fingerprint density at radius 2 is 1.90 bits per heavy atom. The van der Waals surface area contributed by atoms with Gasteiger partial charge in [-0.1, -0.05) is 26.7 Å². The second-order valence-electron chi connectivity index (χ2n) is 8.17. The summed E-state index contributed by atoms with van der Waals surface area (Å²) < 4.78 is 2.22. The van der Waals surface area contributed by atoms with Crippen molar-refractivity contribution in [1.82, 2.24) is 15.1 Å². The number of hydrogen-bond acceptors (Lipinski definition) is 2. The molecule has 1 unspecified atom stereocenters. The summed E-state index contributed by atoms with van der Waals surface area (Å²) in [5.74, 6) is 0. The van der Waals surface area contributed by atoms with Crippen LogP contribution in [0.15, 0.2) is 12.3 Å². The van der Waals surface area contributed by atoms with E-state index in [2.05, 4.69) is 56.9 Å². The van der Waals surface area contributed by atoms with Crippen molar-refractivity contribution >= 4 is 0 Å². The van der Waals surface area contributed by atoms with Crippen LogP contribution in [0.1, 0.15) is 78.5 Å². The first-order valence-corrected chi connectivity index (χ1v) is 8.60. The maximum Gasteiger partial charge on any atom is 0.0630 e. The first kappa shape index (κ1) is 16.5. The molecule has 1 fully saturated rings. The topological polar surface area (TPSA) is 29.9 Å². The summed E-state index contributed by atoms with van der Waals surface area (Å²) in [6.07, 6.45) is 9.76. The van der Waals surface area contributed by atoms with E-state index in [0.29, 0.717) is 6.04 Å². The van der Waals surface area contributed by atoms with E-state index in [4.69, 9.17) is 5.10 Å². The standard InChI is InChI=1S/C18H33N3/c1-6-18(5,14-19-17(2,3)4)13-15-11-12-21(20-15)16-9-7-8-10-16/h11-12,16,19H,6-10,13-14H2,1-5H3. The van der Waals surface area contributed by atoms with Crippen LogP contribution in [0.4, 0.5) is 0 Å². The van der Waals surface area contributed by atoms with Crippen molar-refractivity contribution in [3.63, 3.8) is 0 Å². The molecule has 0 amide bonds. The highest BCUT2D eigenvalue weighted by atomic mass is 15.3. The Morgan fingerprint density at radius 1 is 1.24 bits per heavy atom. The second kappa shape index (κ2) is 6.51. The van der Waals surface area contributed by atoms with Crippen molar-refractivity contribution in [2.24, 2.45) is 5.41 Å². The fourth-order valence-corrected chi connectivity index (χ4v) is 3.07. The molecule has 0 bridgehead atoms. The Bertz CT molecular complexity index is 438. The molecule has 1 aromatic heterocycles. The fraction of sp³-hybridized carbons (Fsp3) is 0.833. The maximum absolute atomic E-state index is 4.86. The second-order valence-corrected chi connectivity index (χ2v) is 8.17. The van der Waals surface area contributed by atoms with Gasteiger partial charge in [-0.3, -0.25) is 4.68 Å². The number of nitrogens with one attached hydrogen (secondary N) is 1. The van der Waals surface area contributed by atoms with Crippen molar-refractivity contribution in [3.8, 4) is 0 Å². The van der Waals surface area contributed by atoms with Crippen LogP contribution in [0.5, 0.6) is 0 Å². The van der Waals surface area contributed by atoms with Crippen LogP contribution in [-0.4, -0.2) is 21.9 Å². The van der Waals surface area contributed by atoms with Crippen LogP contribution in [0, 0.1) is 5.41 Å². The SMILES string of the molecule is CCC(C)(CNC(C)(C)C)Cc1ccn(C2CCCC2)n1. The summed E-state index contributed by atoms with van der Waals surface area (Å²) in [5, 5.41) is 8.52. The summed E-state index contributed by atoms with van der Waals surface area (Å²) in [4.78, 5) is 0. The van der Waals surface area contributed by atoms with Gasteiger partial charge in [0.15, 0.2) is 0 Å². The molecule has 1 atom stereocenters. The summed E-state index contributed by atoms with van der Waals surface area (Å²) in [6.45, 7) is 12.4. The van der Waals surface area contributed by atoms with Crippen LogP contribution in [0.25, 0.3) is 0 Å². The van der Waals surface area contributed by atoms with Crippen molar-refractivity contribution < 1.29 is 0 Å². The third-order valence-corrected chi connectivity index (χ3v) is 4.87. The van der Waals surface area contributed by atoms with Crippen molar-refractivity contribution in [3.05, 3.63) is 18.0 Å². The largest absolute Gasteiger partial charge is 0.312 e. The highest BCUT2D eigenvalue weighted by Crippen LogP contribution is 2.30. The van der Waals surface area contributed by atoms with Crippen LogP contribution in [-0.2, 0) is 6.42 Å². The van der Waals surface area contributed by atoms with Crippen LogP contribution in [0.3, 0.4) is 0 Å². The van der Waals surface area contributed by atoms with Gasteiger partial charge in [0, 0.05) is 18.3 Å². The molecule has 1 aliphatic rings. The molecule has 3 nitrogen and oxygen atoms in total. The van der Waals surface area contributed by atoms with Gasteiger partial charge in [-0.05, 0) is 57.9 Å². The molecule has 2 rings (SSSR count). The molecule has 1 N–H and O–H groups in total. The van der Waals surface area contributed by atoms with Crippen molar-refractivity contribution in [1.29, 1.82) is 0 Å². The summed E-state index contributed by atoms with van der Waals surface area (Å²) in [7, 11) is 0. The molecular formula is C18H33N3. The molecule has 3 heteroatoms. The number of hydrogen-bond donors (Lipinski definition) is 1. The Balaban J connectivity index is 1.97. The molecule has 0 spiro atoms. The first-order valence-electron chi connectivity index (χ1n) is 8.60. The molecule has 1 saturated carbocycles. The minimum atomic E-state index is 0.180. The van der Waals surface area contributed by atoms with Gasteiger partial charge >= 0.3 is 0 Å². The highest BCUT2D eigenvalue weighted by molar-refractivity contribution is 5.04. The first-order chi connectivity index (χ1) is 9.81. The predicted octanol–water partition coefficient (Wildman–Crippen LogP) is 4.35. The minimum Gasteiger partial charge on any atom is -0.312 e. The molecule has 1 aromatic rings. The van der Waals surface area contributed by atoms with Gasteiger partial charge in [0.1, 0.15) is 0 Å². The van der Waals surface area contributed by atoms with Gasteiger partial charge in [0.2, 0.25) is 0 Å². The average Bonchev–Trinajstić information content (AvgIpc) is 3.06. The number of rotatable bonds is 6.